The zero-order valence-corrected chi connectivity index (χ0v) is 43.3. The molecule has 0 unspecified atom stereocenters. The fraction of sp³-hybridized carbons (Fsp3) is 0.130. The third kappa shape index (κ3) is 6.55. The SMILES string of the molecule is Cc1cc2c3c(c1)N(c1c(C)cc(-c4cccc5c4oc4ccccc45)cc1C)c1cc4c(cc1B3c1cc(C(C)(C)C)ccc1N2c1c(C)cc(-c2ccccc2)cc1C)c1ccccc1n4-c1ccccc1. The Balaban J connectivity index is 1.08. The average molecular weight is 954 g/mol. The molecule has 0 saturated carbocycles. The van der Waals surface area contributed by atoms with E-state index in [1.807, 2.05) is 0 Å². The van der Waals surface area contributed by atoms with Crippen molar-refractivity contribution in [1.29, 1.82) is 0 Å². The second kappa shape index (κ2) is 16.2. The van der Waals surface area contributed by atoms with Crippen LogP contribution >= 0.6 is 0 Å². The molecule has 0 atom stereocenters. The van der Waals surface area contributed by atoms with Crippen molar-refractivity contribution in [2.45, 2.75) is 60.8 Å². The lowest BCUT2D eigenvalue weighted by Gasteiger charge is -2.46. The molecule has 0 bridgehead atoms. The maximum absolute atomic E-state index is 6.66. The van der Waals surface area contributed by atoms with Crippen LogP contribution in [0.4, 0.5) is 34.1 Å². The van der Waals surface area contributed by atoms with Crippen LogP contribution in [0, 0.1) is 34.6 Å². The largest absolute Gasteiger partial charge is 0.455 e. The summed E-state index contributed by atoms with van der Waals surface area (Å²) in [7, 11) is 0. The Hall–Kier alpha value is -8.54. The van der Waals surface area contributed by atoms with Gasteiger partial charge in [-0.1, -0.05) is 142 Å². The number of aromatic nitrogens is 1. The molecule has 74 heavy (non-hydrogen) atoms. The van der Waals surface area contributed by atoms with Crippen molar-refractivity contribution in [3.8, 4) is 27.9 Å². The summed E-state index contributed by atoms with van der Waals surface area (Å²) in [5.74, 6) is 0. The average Bonchev–Trinajstić information content (AvgIpc) is 3.97. The van der Waals surface area contributed by atoms with Crippen molar-refractivity contribution in [2.24, 2.45) is 0 Å². The number of nitrogens with zero attached hydrogens (tertiary/aromatic N) is 3. The van der Waals surface area contributed by atoms with Crippen LogP contribution in [0.3, 0.4) is 0 Å². The molecule has 4 heterocycles. The monoisotopic (exact) mass is 953 g/mol. The lowest BCUT2D eigenvalue weighted by atomic mass is 9.33. The molecule has 4 nitrogen and oxygen atoms in total. The van der Waals surface area contributed by atoms with Gasteiger partial charge in [-0.25, -0.2) is 0 Å². The first-order valence-corrected chi connectivity index (χ1v) is 26.1. The zero-order valence-electron chi connectivity index (χ0n) is 43.3. The number of anilines is 6. The first-order chi connectivity index (χ1) is 35.9. The van der Waals surface area contributed by atoms with Crippen molar-refractivity contribution >= 4 is 101 Å². The van der Waals surface area contributed by atoms with Crippen LogP contribution in [0.5, 0.6) is 0 Å². The summed E-state index contributed by atoms with van der Waals surface area (Å²) < 4.78 is 9.13. The number of para-hydroxylation sites is 4. The standard InChI is InChI=1S/C69H56BN3O/c1-41-32-62-65-63(33-41)73(67-44(4)36-48(37-45(67)5)51-26-19-27-54-53-25-16-18-29-64(53)74-68(51)54)61-40-60-55(52-24-15-17-28-58(52)71(60)50-22-13-10-14-23-50)39-57(61)70(65)56-38-49(69(6,7)8)30-31-59(56)72(62)66-42(2)34-47(35-43(66)3)46-20-11-9-12-21-46/h9-40H,1-8H3. The van der Waals surface area contributed by atoms with E-state index < -0.39 is 0 Å². The summed E-state index contributed by atoms with van der Waals surface area (Å²) in [6.07, 6.45) is 0. The summed E-state index contributed by atoms with van der Waals surface area (Å²) in [5.41, 5.74) is 28.7. The van der Waals surface area contributed by atoms with Crippen LogP contribution in [0.25, 0.3) is 71.7 Å². The molecule has 0 aliphatic carbocycles. The maximum atomic E-state index is 6.66. The van der Waals surface area contributed by atoms with Crippen LogP contribution in [0.2, 0.25) is 0 Å². The third-order valence-electron chi connectivity index (χ3n) is 16.1. The van der Waals surface area contributed by atoms with Crippen LogP contribution < -0.4 is 26.2 Å². The van der Waals surface area contributed by atoms with Crippen LogP contribution in [0.15, 0.2) is 199 Å². The van der Waals surface area contributed by atoms with Gasteiger partial charge in [-0.3, -0.25) is 0 Å². The summed E-state index contributed by atoms with van der Waals surface area (Å²) in [4.78, 5) is 5.25. The molecular formula is C69H56BN3O. The van der Waals surface area contributed by atoms with Gasteiger partial charge >= 0.3 is 0 Å². The van der Waals surface area contributed by atoms with Gasteiger partial charge in [0.2, 0.25) is 0 Å². The Kier molecular flexibility index (Phi) is 9.69. The van der Waals surface area contributed by atoms with E-state index in [0.29, 0.717) is 0 Å². The van der Waals surface area contributed by atoms with Crippen molar-refractivity contribution in [3.63, 3.8) is 0 Å². The number of rotatable bonds is 5. The first kappa shape index (κ1) is 44.2. The number of aryl methyl sites for hydroxylation is 5. The van der Waals surface area contributed by atoms with Crippen molar-refractivity contribution in [3.05, 3.63) is 228 Å². The smallest absolute Gasteiger partial charge is 0.252 e. The van der Waals surface area contributed by atoms with Crippen LogP contribution in [-0.2, 0) is 5.41 Å². The van der Waals surface area contributed by atoms with E-state index in [-0.39, 0.29) is 12.1 Å². The summed E-state index contributed by atoms with van der Waals surface area (Å²) in [5, 5.41) is 4.78. The fourth-order valence-electron chi connectivity index (χ4n) is 12.9. The number of hydrogen-bond donors (Lipinski definition) is 0. The van der Waals surface area contributed by atoms with Gasteiger partial charge in [-0.15, -0.1) is 0 Å². The lowest BCUT2D eigenvalue weighted by Crippen LogP contribution is -2.61. The van der Waals surface area contributed by atoms with E-state index in [1.165, 1.54) is 117 Å². The Morgan fingerprint density at radius 2 is 1.00 bits per heavy atom. The molecule has 2 aromatic heterocycles. The van der Waals surface area contributed by atoms with E-state index in [0.717, 1.165) is 38.8 Å². The molecule has 10 aromatic carbocycles. The minimum absolute atomic E-state index is 0.0570. The molecule has 0 radical (unpaired) electrons. The summed E-state index contributed by atoms with van der Waals surface area (Å²) in [6, 6.07) is 72.5. The van der Waals surface area contributed by atoms with Gasteiger partial charge in [-0.05, 0) is 179 Å². The predicted molar refractivity (Wildman–Crippen MR) is 315 cm³/mol. The molecule has 2 aliphatic rings. The van der Waals surface area contributed by atoms with E-state index in [4.69, 9.17) is 4.42 Å². The van der Waals surface area contributed by atoms with Crippen molar-refractivity contribution in [1.82, 2.24) is 4.57 Å². The molecular weight excluding hydrogens is 898 g/mol. The highest BCUT2D eigenvalue weighted by Gasteiger charge is 2.45. The molecule has 2 aliphatic heterocycles. The topological polar surface area (TPSA) is 24.6 Å². The fourth-order valence-corrected chi connectivity index (χ4v) is 12.9. The van der Waals surface area contributed by atoms with Crippen LogP contribution in [0.1, 0.15) is 54.2 Å². The van der Waals surface area contributed by atoms with Gasteiger partial charge < -0.3 is 18.8 Å². The minimum Gasteiger partial charge on any atom is -0.455 e. The van der Waals surface area contributed by atoms with Gasteiger partial charge in [-0.2, -0.15) is 0 Å². The van der Waals surface area contributed by atoms with Gasteiger partial charge in [0, 0.05) is 55.5 Å². The van der Waals surface area contributed by atoms with Gasteiger partial charge in [0.15, 0.2) is 0 Å². The van der Waals surface area contributed by atoms with Gasteiger partial charge in [0.25, 0.3) is 6.71 Å². The molecule has 5 heteroatoms. The normalized spacial score (nSPS) is 13.1. The molecule has 0 N–H and O–H groups in total. The number of benzene rings is 10. The van der Waals surface area contributed by atoms with E-state index in [9.17, 15) is 0 Å². The molecule has 0 fully saturated rings. The third-order valence-corrected chi connectivity index (χ3v) is 16.1. The number of fused-ring (bicyclic) bond motifs is 10. The first-order valence-electron chi connectivity index (χ1n) is 26.1. The van der Waals surface area contributed by atoms with Gasteiger partial charge in [0.05, 0.1) is 22.4 Å². The second-order valence-corrected chi connectivity index (χ2v) is 22.0. The number of hydrogen-bond acceptors (Lipinski definition) is 3. The van der Waals surface area contributed by atoms with Crippen LogP contribution in [-0.4, -0.2) is 11.3 Å². The highest BCUT2D eigenvalue weighted by atomic mass is 16.3. The molecule has 0 saturated heterocycles. The Bertz CT molecular complexity index is 4260. The molecule has 12 aromatic rings. The predicted octanol–water partition coefficient (Wildman–Crippen LogP) is 16.9. The Morgan fingerprint density at radius 1 is 0.419 bits per heavy atom. The quantitative estimate of drug-likeness (QED) is 0.161. The minimum atomic E-state index is -0.0708. The van der Waals surface area contributed by atoms with E-state index in [1.54, 1.807) is 0 Å². The van der Waals surface area contributed by atoms with Crippen molar-refractivity contribution in [2.75, 3.05) is 9.80 Å². The van der Waals surface area contributed by atoms with Gasteiger partial charge in [0.1, 0.15) is 11.2 Å². The molecule has 0 spiro atoms. The summed E-state index contributed by atoms with van der Waals surface area (Å²) in [6.45, 7) is 18.5. The highest BCUT2D eigenvalue weighted by molar-refractivity contribution is 7.00. The van der Waals surface area contributed by atoms with E-state index >= 15 is 0 Å². The highest BCUT2D eigenvalue weighted by Crippen LogP contribution is 2.50. The Morgan fingerprint density at radius 3 is 1.69 bits per heavy atom. The molecule has 14 rings (SSSR count). The Labute approximate surface area is 433 Å². The molecule has 356 valence electrons. The summed E-state index contributed by atoms with van der Waals surface area (Å²) >= 11 is 0. The zero-order chi connectivity index (χ0) is 50.3. The number of furan rings is 1. The lowest BCUT2D eigenvalue weighted by molar-refractivity contribution is 0.591. The molecule has 0 amide bonds. The maximum Gasteiger partial charge on any atom is 0.252 e. The van der Waals surface area contributed by atoms with Crippen molar-refractivity contribution < 1.29 is 4.42 Å². The van der Waals surface area contributed by atoms with E-state index in [2.05, 4.69) is 264 Å². The second-order valence-electron chi connectivity index (χ2n) is 22.0.